The summed E-state index contributed by atoms with van der Waals surface area (Å²) in [7, 11) is 0. The molecule has 0 aliphatic carbocycles. The summed E-state index contributed by atoms with van der Waals surface area (Å²) in [6.45, 7) is 13.8. The number of carboxylic acids is 1. The molecular weight excluding hydrogens is 270 g/mol. The molecule has 0 fully saturated rings. The molecule has 2 amide bonds. The lowest BCUT2D eigenvalue weighted by Crippen LogP contribution is -2.47. The van der Waals surface area contributed by atoms with Crippen LogP contribution < -0.4 is 5.32 Å². The van der Waals surface area contributed by atoms with Crippen molar-refractivity contribution < 1.29 is 14.7 Å². The van der Waals surface area contributed by atoms with Crippen LogP contribution in [0.5, 0.6) is 0 Å². The van der Waals surface area contributed by atoms with E-state index in [-0.39, 0.29) is 12.1 Å². The summed E-state index contributed by atoms with van der Waals surface area (Å²) in [5.74, 6) is -1.49. The molecule has 0 saturated carbocycles. The zero-order chi connectivity index (χ0) is 16.4. The third-order valence-electron chi connectivity index (χ3n) is 3.96. The van der Waals surface area contributed by atoms with Gasteiger partial charge in [-0.15, -0.1) is 0 Å². The summed E-state index contributed by atoms with van der Waals surface area (Å²) in [6, 6.07) is -0.565. The second-order valence-corrected chi connectivity index (χ2v) is 5.33. The van der Waals surface area contributed by atoms with Gasteiger partial charge in [-0.1, -0.05) is 13.8 Å². The fraction of sp³-hybridized carbons (Fsp3) is 0.867. The Kier molecular flexibility index (Phi) is 9.78. The van der Waals surface area contributed by atoms with E-state index in [0.717, 1.165) is 26.1 Å². The van der Waals surface area contributed by atoms with Gasteiger partial charge in [0.25, 0.3) is 0 Å². The van der Waals surface area contributed by atoms with Crippen molar-refractivity contribution in [3.8, 4) is 0 Å². The van der Waals surface area contributed by atoms with Crippen LogP contribution in [0.2, 0.25) is 0 Å². The van der Waals surface area contributed by atoms with Crippen LogP contribution in [0.15, 0.2) is 0 Å². The Bertz CT molecular complexity index is 319. The number of aliphatic carboxylic acids is 1. The summed E-state index contributed by atoms with van der Waals surface area (Å²) >= 11 is 0. The minimum Gasteiger partial charge on any atom is -0.481 e. The summed E-state index contributed by atoms with van der Waals surface area (Å²) < 4.78 is 0. The van der Waals surface area contributed by atoms with Crippen molar-refractivity contribution in [1.82, 2.24) is 15.1 Å². The molecule has 0 aromatic heterocycles. The van der Waals surface area contributed by atoms with E-state index in [4.69, 9.17) is 5.11 Å². The minimum atomic E-state index is -0.896. The second kappa shape index (κ2) is 10.4. The SMILES string of the molecule is CCN(CC)CCCN(CC)C(=O)NC(C)C(C)C(=O)O. The molecule has 0 aliphatic heterocycles. The molecule has 0 radical (unpaired) electrons. The average molecular weight is 301 g/mol. The lowest BCUT2D eigenvalue weighted by molar-refractivity contribution is -0.141. The van der Waals surface area contributed by atoms with Crippen molar-refractivity contribution >= 4 is 12.0 Å². The first-order valence-electron chi connectivity index (χ1n) is 7.87. The number of carbonyl (C=O) groups is 2. The van der Waals surface area contributed by atoms with Crippen molar-refractivity contribution in [3.63, 3.8) is 0 Å². The first-order chi connectivity index (χ1) is 9.87. The van der Waals surface area contributed by atoms with Gasteiger partial charge < -0.3 is 20.2 Å². The van der Waals surface area contributed by atoms with Crippen LogP contribution in [0.25, 0.3) is 0 Å². The molecule has 0 bridgehead atoms. The standard InChI is InChI=1S/C15H31N3O3/c1-6-17(7-2)10-9-11-18(8-3)15(21)16-13(5)12(4)14(19)20/h12-13H,6-11H2,1-5H3,(H,16,21)(H,19,20). The molecule has 0 saturated heterocycles. The molecule has 0 rings (SSSR count). The second-order valence-electron chi connectivity index (χ2n) is 5.33. The van der Waals surface area contributed by atoms with Gasteiger partial charge in [0.1, 0.15) is 0 Å². The molecule has 2 N–H and O–H groups in total. The Morgan fingerprint density at radius 2 is 1.62 bits per heavy atom. The maximum atomic E-state index is 12.1. The number of rotatable bonds is 10. The first kappa shape index (κ1) is 19.7. The van der Waals surface area contributed by atoms with Crippen LogP contribution in [0.3, 0.4) is 0 Å². The van der Waals surface area contributed by atoms with Gasteiger partial charge in [0.05, 0.1) is 5.92 Å². The molecule has 124 valence electrons. The predicted octanol–water partition coefficient (Wildman–Crippen LogP) is 1.86. The lowest BCUT2D eigenvalue weighted by atomic mass is 10.0. The van der Waals surface area contributed by atoms with Crippen molar-refractivity contribution in [2.45, 2.75) is 47.1 Å². The van der Waals surface area contributed by atoms with E-state index in [2.05, 4.69) is 24.1 Å². The number of amides is 2. The van der Waals surface area contributed by atoms with E-state index in [1.165, 1.54) is 0 Å². The smallest absolute Gasteiger partial charge is 0.317 e. The Labute approximate surface area is 128 Å². The number of hydrogen-bond acceptors (Lipinski definition) is 3. The van der Waals surface area contributed by atoms with Crippen LogP contribution in [0.4, 0.5) is 4.79 Å². The van der Waals surface area contributed by atoms with E-state index < -0.39 is 11.9 Å². The van der Waals surface area contributed by atoms with Crippen molar-refractivity contribution in [2.75, 3.05) is 32.7 Å². The van der Waals surface area contributed by atoms with Gasteiger partial charge in [-0.2, -0.15) is 0 Å². The Morgan fingerprint density at radius 1 is 1.05 bits per heavy atom. The average Bonchev–Trinajstić information content (AvgIpc) is 2.46. The number of nitrogens with one attached hydrogen (secondary N) is 1. The summed E-state index contributed by atoms with van der Waals surface area (Å²) in [6.07, 6.45) is 0.922. The fourth-order valence-corrected chi connectivity index (χ4v) is 2.05. The van der Waals surface area contributed by atoms with Crippen LogP contribution in [0.1, 0.15) is 41.0 Å². The molecule has 0 aromatic carbocycles. The zero-order valence-corrected chi connectivity index (χ0v) is 14.1. The predicted molar refractivity (Wildman–Crippen MR) is 84.4 cm³/mol. The minimum absolute atomic E-state index is 0.183. The highest BCUT2D eigenvalue weighted by Gasteiger charge is 2.22. The number of hydrogen-bond donors (Lipinski definition) is 2. The van der Waals surface area contributed by atoms with Gasteiger partial charge in [0.2, 0.25) is 0 Å². The van der Waals surface area contributed by atoms with Gasteiger partial charge in [-0.05, 0) is 46.8 Å². The topological polar surface area (TPSA) is 72.9 Å². The molecule has 6 heteroatoms. The maximum absolute atomic E-state index is 12.1. The Balaban J connectivity index is 4.27. The van der Waals surface area contributed by atoms with Crippen molar-refractivity contribution in [1.29, 1.82) is 0 Å². The van der Waals surface area contributed by atoms with E-state index in [9.17, 15) is 9.59 Å². The molecule has 2 atom stereocenters. The molecular formula is C15H31N3O3. The summed E-state index contributed by atoms with van der Waals surface area (Å²) in [4.78, 5) is 27.1. The van der Waals surface area contributed by atoms with Gasteiger partial charge >= 0.3 is 12.0 Å². The number of urea groups is 1. The van der Waals surface area contributed by atoms with Gasteiger partial charge in [-0.25, -0.2) is 4.79 Å². The van der Waals surface area contributed by atoms with Gasteiger partial charge in [0.15, 0.2) is 0 Å². The third-order valence-corrected chi connectivity index (χ3v) is 3.96. The van der Waals surface area contributed by atoms with E-state index in [0.29, 0.717) is 13.1 Å². The summed E-state index contributed by atoms with van der Waals surface area (Å²) in [5, 5.41) is 11.7. The molecule has 0 aromatic rings. The summed E-state index contributed by atoms with van der Waals surface area (Å²) in [5.41, 5.74) is 0. The molecule has 0 aliphatic rings. The monoisotopic (exact) mass is 301 g/mol. The van der Waals surface area contributed by atoms with E-state index in [1.807, 2.05) is 6.92 Å². The highest BCUT2D eigenvalue weighted by Crippen LogP contribution is 2.04. The fourth-order valence-electron chi connectivity index (χ4n) is 2.05. The van der Waals surface area contributed by atoms with Gasteiger partial charge in [0, 0.05) is 19.1 Å². The van der Waals surface area contributed by atoms with Crippen LogP contribution in [-0.4, -0.2) is 65.7 Å². The van der Waals surface area contributed by atoms with E-state index >= 15 is 0 Å². The van der Waals surface area contributed by atoms with Crippen LogP contribution >= 0.6 is 0 Å². The highest BCUT2D eigenvalue weighted by atomic mass is 16.4. The molecule has 0 spiro atoms. The van der Waals surface area contributed by atoms with Crippen molar-refractivity contribution in [3.05, 3.63) is 0 Å². The Morgan fingerprint density at radius 3 is 2.05 bits per heavy atom. The molecule has 21 heavy (non-hydrogen) atoms. The maximum Gasteiger partial charge on any atom is 0.317 e. The van der Waals surface area contributed by atoms with Crippen molar-refractivity contribution in [2.24, 2.45) is 5.92 Å². The molecule has 6 nitrogen and oxygen atoms in total. The number of carboxylic acid groups (broad SMARTS) is 1. The normalized spacial score (nSPS) is 13.8. The lowest BCUT2D eigenvalue weighted by Gasteiger charge is -2.26. The molecule has 0 heterocycles. The van der Waals surface area contributed by atoms with E-state index in [1.54, 1.807) is 18.7 Å². The quantitative estimate of drug-likeness (QED) is 0.646. The largest absolute Gasteiger partial charge is 0.481 e. The third kappa shape index (κ3) is 7.32. The number of carbonyl (C=O) groups excluding carboxylic acids is 1. The highest BCUT2D eigenvalue weighted by molar-refractivity contribution is 5.76. The van der Waals surface area contributed by atoms with Crippen LogP contribution in [-0.2, 0) is 4.79 Å². The zero-order valence-electron chi connectivity index (χ0n) is 14.1. The molecule has 2 unspecified atom stereocenters. The first-order valence-corrected chi connectivity index (χ1v) is 7.87. The van der Waals surface area contributed by atoms with Crippen LogP contribution in [0, 0.1) is 5.92 Å². The Hall–Kier alpha value is -1.30. The van der Waals surface area contributed by atoms with Gasteiger partial charge in [-0.3, -0.25) is 4.79 Å². The number of nitrogens with zero attached hydrogens (tertiary/aromatic N) is 2.